The number of anilines is 1. The van der Waals surface area contributed by atoms with Crippen molar-refractivity contribution in [1.29, 1.82) is 0 Å². The molecule has 3 aliphatic rings. The minimum atomic E-state index is -4.14. The van der Waals surface area contributed by atoms with Crippen LogP contribution in [0.3, 0.4) is 0 Å². The highest BCUT2D eigenvalue weighted by atomic mass is 32.2. The van der Waals surface area contributed by atoms with Gasteiger partial charge >= 0.3 is 0 Å². The lowest BCUT2D eigenvalue weighted by molar-refractivity contribution is 0.0981. The molecule has 0 saturated heterocycles. The molecule has 11 nitrogen and oxygen atoms in total. The topological polar surface area (TPSA) is 124 Å². The van der Waals surface area contributed by atoms with Gasteiger partial charge in [-0.1, -0.05) is 11.6 Å². The van der Waals surface area contributed by atoms with Gasteiger partial charge in [0.25, 0.3) is 15.9 Å². The Morgan fingerprint density at radius 3 is 2.59 bits per heavy atom. The van der Waals surface area contributed by atoms with Gasteiger partial charge in [-0.15, -0.1) is 5.10 Å². The van der Waals surface area contributed by atoms with E-state index in [1.807, 2.05) is 25.7 Å². The lowest BCUT2D eigenvalue weighted by Gasteiger charge is -2.33. The average molecular weight is 552 g/mol. The number of carbonyl (C=O) groups is 1. The van der Waals surface area contributed by atoms with Gasteiger partial charge in [-0.25, -0.2) is 22.8 Å². The lowest BCUT2D eigenvalue weighted by atomic mass is 10.0. The van der Waals surface area contributed by atoms with Crippen molar-refractivity contribution >= 4 is 21.7 Å². The Balaban J connectivity index is 1.30. The molecule has 1 spiro atoms. The summed E-state index contributed by atoms with van der Waals surface area (Å²) in [5.41, 5.74) is 1.82. The molecule has 2 fully saturated rings. The van der Waals surface area contributed by atoms with E-state index >= 15 is 0 Å². The molecule has 1 unspecified atom stereocenters. The maximum Gasteiger partial charge on any atom is 0.268 e. The molecule has 12 heteroatoms. The molecule has 3 aromatic rings. The summed E-state index contributed by atoms with van der Waals surface area (Å²) in [5, 5.41) is 8.54. The zero-order valence-corrected chi connectivity index (χ0v) is 23.6. The first-order valence-corrected chi connectivity index (χ1v) is 14.6. The number of ether oxygens (including phenoxy) is 1. The number of sulfonamides is 1. The van der Waals surface area contributed by atoms with Crippen molar-refractivity contribution in [2.24, 2.45) is 18.4 Å². The number of carbonyl (C=O) groups excluding carboxylic acids is 1. The SMILES string of the molecule is CC1=CC(C)(C)N(c2nc(-n3ccc(OCC4CC45CC5)n3)ccc2C(=O)NS(=O)(=O)c2cnn(C)c2C)C1. The molecule has 1 aliphatic heterocycles. The highest BCUT2D eigenvalue weighted by molar-refractivity contribution is 7.90. The maximum absolute atomic E-state index is 13.4. The summed E-state index contributed by atoms with van der Waals surface area (Å²) in [5.74, 6) is 1.25. The molecule has 39 heavy (non-hydrogen) atoms. The summed E-state index contributed by atoms with van der Waals surface area (Å²) in [4.78, 5) is 20.2. The van der Waals surface area contributed by atoms with E-state index in [2.05, 4.69) is 21.0 Å². The van der Waals surface area contributed by atoms with E-state index in [9.17, 15) is 13.2 Å². The zero-order chi connectivity index (χ0) is 27.7. The van der Waals surface area contributed by atoms with Gasteiger partial charge in [0.15, 0.2) is 5.82 Å². The summed E-state index contributed by atoms with van der Waals surface area (Å²) >= 11 is 0. The van der Waals surface area contributed by atoms with Crippen LogP contribution in [0, 0.1) is 18.3 Å². The van der Waals surface area contributed by atoms with E-state index in [1.165, 1.54) is 30.1 Å². The molecular weight excluding hydrogens is 518 g/mol. The largest absolute Gasteiger partial charge is 0.476 e. The molecule has 0 radical (unpaired) electrons. The number of nitrogens with zero attached hydrogens (tertiary/aromatic N) is 6. The molecule has 2 saturated carbocycles. The first-order valence-electron chi connectivity index (χ1n) is 13.1. The van der Waals surface area contributed by atoms with Gasteiger partial charge in [0, 0.05) is 25.9 Å². The minimum Gasteiger partial charge on any atom is -0.476 e. The van der Waals surface area contributed by atoms with Crippen LogP contribution in [0.5, 0.6) is 5.88 Å². The van der Waals surface area contributed by atoms with Crippen LogP contribution in [-0.4, -0.2) is 57.6 Å². The summed E-state index contributed by atoms with van der Waals surface area (Å²) in [6, 6.07) is 5.05. The number of nitrogens with one attached hydrogen (secondary N) is 1. The van der Waals surface area contributed by atoms with Gasteiger partial charge in [0.1, 0.15) is 10.7 Å². The second kappa shape index (κ2) is 8.67. The number of hydrogen-bond acceptors (Lipinski definition) is 8. The molecule has 4 heterocycles. The van der Waals surface area contributed by atoms with Gasteiger partial charge < -0.3 is 9.64 Å². The van der Waals surface area contributed by atoms with Crippen LogP contribution in [0.4, 0.5) is 5.82 Å². The van der Waals surface area contributed by atoms with E-state index in [0.717, 1.165) is 5.57 Å². The summed E-state index contributed by atoms with van der Waals surface area (Å²) in [6.07, 6.45) is 8.99. The normalized spacial score (nSPS) is 20.7. The summed E-state index contributed by atoms with van der Waals surface area (Å²) < 4.78 is 37.3. The van der Waals surface area contributed by atoms with Gasteiger partial charge in [-0.2, -0.15) is 5.10 Å². The minimum absolute atomic E-state index is 0.0497. The van der Waals surface area contributed by atoms with E-state index in [-0.39, 0.29) is 10.5 Å². The second-order valence-electron chi connectivity index (χ2n) is 11.6. The summed E-state index contributed by atoms with van der Waals surface area (Å²) in [6.45, 7) is 8.93. The van der Waals surface area contributed by atoms with Crippen molar-refractivity contribution in [1.82, 2.24) is 29.3 Å². The maximum atomic E-state index is 13.4. The van der Waals surface area contributed by atoms with Crippen molar-refractivity contribution in [3.8, 4) is 11.7 Å². The zero-order valence-electron chi connectivity index (χ0n) is 22.8. The Labute approximate surface area is 227 Å². The van der Waals surface area contributed by atoms with Crippen LogP contribution in [0.25, 0.3) is 5.82 Å². The van der Waals surface area contributed by atoms with Gasteiger partial charge in [0.2, 0.25) is 5.88 Å². The molecule has 3 aromatic heterocycles. The lowest BCUT2D eigenvalue weighted by Crippen LogP contribution is -2.41. The summed E-state index contributed by atoms with van der Waals surface area (Å²) in [7, 11) is -2.50. The number of aromatic nitrogens is 5. The third kappa shape index (κ3) is 4.60. The highest BCUT2D eigenvalue weighted by Crippen LogP contribution is 2.70. The van der Waals surface area contributed by atoms with Crippen LogP contribution in [0.2, 0.25) is 0 Å². The number of aryl methyl sites for hydroxylation is 1. The Bertz CT molecular complexity index is 1610. The highest BCUT2D eigenvalue weighted by Gasteiger charge is 2.62. The molecule has 2 aliphatic carbocycles. The predicted molar refractivity (Wildman–Crippen MR) is 144 cm³/mol. The third-order valence-electron chi connectivity index (χ3n) is 8.25. The first kappa shape index (κ1) is 25.6. The molecule has 6 rings (SSSR count). The van der Waals surface area contributed by atoms with E-state index < -0.39 is 21.5 Å². The van der Waals surface area contributed by atoms with Crippen molar-refractivity contribution in [3.05, 3.63) is 53.5 Å². The number of pyridine rings is 1. The number of amides is 1. The molecule has 206 valence electrons. The van der Waals surface area contributed by atoms with E-state index in [0.29, 0.717) is 47.7 Å². The Hall–Kier alpha value is -3.67. The molecule has 0 bridgehead atoms. The molecule has 1 atom stereocenters. The molecule has 1 N–H and O–H groups in total. The van der Waals surface area contributed by atoms with Crippen molar-refractivity contribution in [2.45, 2.75) is 57.4 Å². The number of rotatable bonds is 8. The van der Waals surface area contributed by atoms with Crippen LogP contribution in [-0.2, 0) is 17.1 Å². The molecular formula is C27H33N7O4S. The standard InChI is InChI=1S/C27H33N7O4S/c1-17-12-26(3,4)33(15-17)24-20(25(35)31-39(36,37)21-14-28-32(5)18(21)2)6-7-22(29-24)34-11-8-23(30-34)38-16-19-13-27(19)9-10-27/h6-8,11-12,14,19H,9-10,13,15-16H2,1-5H3,(H,31,35). The van der Waals surface area contributed by atoms with Crippen LogP contribution < -0.4 is 14.4 Å². The van der Waals surface area contributed by atoms with Crippen molar-refractivity contribution in [3.63, 3.8) is 0 Å². The third-order valence-corrected chi connectivity index (χ3v) is 9.69. The Kier molecular flexibility index (Phi) is 5.69. The monoisotopic (exact) mass is 551 g/mol. The average Bonchev–Trinajstić information content (AvgIpc) is 3.63. The van der Waals surface area contributed by atoms with E-state index in [4.69, 9.17) is 9.72 Å². The van der Waals surface area contributed by atoms with E-state index in [1.54, 1.807) is 43.0 Å². The molecule has 1 amide bonds. The number of hydrogen-bond donors (Lipinski definition) is 1. The fourth-order valence-electron chi connectivity index (χ4n) is 5.59. The van der Waals surface area contributed by atoms with Crippen molar-refractivity contribution in [2.75, 3.05) is 18.1 Å². The quantitative estimate of drug-likeness (QED) is 0.424. The van der Waals surface area contributed by atoms with Gasteiger partial charge in [0.05, 0.1) is 29.6 Å². The van der Waals surface area contributed by atoms with Crippen molar-refractivity contribution < 1.29 is 17.9 Å². The van der Waals surface area contributed by atoms with Gasteiger partial charge in [-0.3, -0.25) is 9.48 Å². The van der Waals surface area contributed by atoms with Crippen LogP contribution in [0.1, 0.15) is 56.1 Å². The fraction of sp³-hybridized carbons (Fsp3) is 0.481. The first-order chi connectivity index (χ1) is 18.4. The predicted octanol–water partition coefficient (Wildman–Crippen LogP) is 3.15. The smallest absolute Gasteiger partial charge is 0.268 e. The Morgan fingerprint density at radius 1 is 1.21 bits per heavy atom. The fourth-order valence-corrected chi connectivity index (χ4v) is 6.76. The Morgan fingerprint density at radius 2 is 1.97 bits per heavy atom. The molecule has 0 aromatic carbocycles. The van der Waals surface area contributed by atoms with Crippen LogP contribution >= 0.6 is 0 Å². The second-order valence-corrected chi connectivity index (χ2v) is 13.2. The van der Waals surface area contributed by atoms with Gasteiger partial charge in [-0.05, 0) is 70.4 Å². The van der Waals surface area contributed by atoms with Crippen LogP contribution in [0.15, 0.2) is 47.1 Å².